The smallest absolute Gasteiger partial charge is 0.336 e. The highest BCUT2D eigenvalue weighted by atomic mass is 79.9. The van der Waals surface area contributed by atoms with E-state index in [4.69, 9.17) is 5.11 Å². The van der Waals surface area contributed by atoms with Gasteiger partial charge in [0.1, 0.15) is 0 Å². The van der Waals surface area contributed by atoms with Crippen molar-refractivity contribution in [1.82, 2.24) is 4.90 Å². The van der Waals surface area contributed by atoms with Gasteiger partial charge in [0.25, 0.3) is 0 Å². The van der Waals surface area contributed by atoms with Gasteiger partial charge in [-0.3, -0.25) is 4.90 Å². The van der Waals surface area contributed by atoms with Crippen LogP contribution >= 0.6 is 15.9 Å². The van der Waals surface area contributed by atoms with E-state index in [-0.39, 0.29) is 12.6 Å². The number of aliphatic carboxylic acids is 1. The van der Waals surface area contributed by atoms with E-state index in [1.165, 1.54) is 12.5 Å². The molecular formula is C14H18BrNO3. The summed E-state index contributed by atoms with van der Waals surface area (Å²) in [5.41, 5.74) is -0.528. The topological polar surface area (TPSA) is 60.8 Å². The average Bonchev–Trinajstić information content (AvgIpc) is 2.77. The Labute approximate surface area is 121 Å². The fourth-order valence-corrected chi connectivity index (χ4v) is 2.81. The quantitative estimate of drug-likeness (QED) is 0.891. The Bertz CT molecular complexity index is 458. The van der Waals surface area contributed by atoms with Gasteiger partial charge in [-0.1, -0.05) is 28.1 Å². The summed E-state index contributed by atoms with van der Waals surface area (Å²) in [5, 5.41) is 18.9. The number of carbonyl (C=O) groups is 1. The molecular weight excluding hydrogens is 310 g/mol. The molecule has 0 bridgehead atoms. The number of nitrogens with zero attached hydrogens (tertiary/aromatic N) is 1. The molecule has 1 heterocycles. The third kappa shape index (κ3) is 3.35. The zero-order valence-electron chi connectivity index (χ0n) is 10.8. The number of benzene rings is 1. The van der Waals surface area contributed by atoms with Crippen LogP contribution in [0.3, 0.4) is 0 Å². The molecule has 0 aromatic heterocycles. The predicted octanol–water partition coefficient (Wildman–Crippen LogP) is 2.42. The molecule has 1 fully saturated rings. The minimum atomic E-state index is -1.70. The van der Waals surface area contributed by atoms with Gasteiger partial charge in [-0.15, -0.1) is 0 Å². The van der Waals surface area contributed by atoms with E-state index in [1.54, 1.807) is 0 Å². The van der Waals surface area contributed by atoms with Crippen LogP contribution in [0.2, 0.25) is 0 Å². The number of carboxylic acid groups (broad SMARTS) is 1. The summed E-state index contributed by atoms with van der Waals surface area (Å²) in [6.07, 6.45) is 2.02. The van der Waals surface area contributed by atoms with E-state index in [0.717, 1.165) is 23.9 Å². The monoisotopic (exact) mass is 327 g/mol. The van der Waals surface area contributed by atoms with Crippen molar-refractivity contribution in [2.75, 3.05) is 13.1 Å². The van der Waals surface area contributed by atoms with Gasteiger partial charge in [-0.2, -0.15) is 0 Å². The predicted molar refractivity (Wildman–Crippen MR) is 75.9 cm³/mol. The number of halogens is 1. The van der Waals surface area contributed by atoms with Gasteiger partial charge in [-0.05, 0) is 44.0 Å². The van der Waals surface area contributed by atoms with Crippen LogP contribution < -0.4 is 0 Å². The van der Waals surface area contributed by atoms with Crippen molar-refractivity contribution in [2.45, 2.75) is 31.4 Å². The Morgan fingerprint density at radius 2 is 2.11 bits per heavy atom. The lowest BCUT2D eigenvalue weighted by Gasteiger charge is -2.30. The van der Waals surface area contributed by atoms with Crippen LogP contribution in [-0.4, -0.2) is 39.8 Å². The van der Waals surface area contributed by atoms with Crippen LogP contribution in [0.15, 0.2) is 28.7 Å². The molecule has 0 aliphatic carbocycles. The standard InChI is InChI=1S/C14H18BrNO3/c1-14(19,13(17)18)9-16-8-2-3-12(16)10-4-6-11(15)7-5-10/h4-7,12,19H,2-3,8-9H2,1H3,(H,17,18). The van der Waals surface area contributed by atoms with Gasteiger partial charge in [0.05, 0.1) is 0 Å². The zero-order chi connectivity index (χ0) is 14.0. The van der Waals surface area contributed by atoms with E-state index >= 15 is 0 Å². The van der Waals surface area contributed by atoms with Crippen molar-refractivity contribution in [3.8, 4) is 0 Å². The summed E-state index contributed by atoms with van der Waals surface area (Å²) in [7, 11) is 0. The van der Waals surface area contributed by atoms with Gasteiger partial charge < -0.3 is 10.2 Å². The SMILES string of the molecule is CC(O)(CN1CCCC1c1ccc(Br)cc1)C(=O)O. The normalized spacial score (nSPS) is 23.2. The lowest BCUT2D eigenvalue weighted by atomic mass is 10.0. The molecule has 1 aliphatic heterocycles. The van der Waals surface area contributed by atoms with Crippen molar-refractivity contribution in [2.24, 2.45) is 0 Å². The van der Waals surface area contributed by atoms with Crippen molar-refractivity contribution in [3.63, 3.8) is 0 Å². The molecule has 4 nitrogen and oxygen atoms in total. The average molecular weight is 328 g/mol. The molecule has 0 radical (unpaired) electrons. The summed E-state index contributed by atoms with van der Waals surface area (Å²) in [6.45, 7) is 2.33. The summed E-state index contributed by atoms with van der Waals surface area (Å²) in [4.78, 5) is 13.1. The highest BCUT2D eigenvalue weighted by Crippen LogP contribution is 2.33. The van der Waals surface area contributed by atoms with Crippen molar-refractivity contribution in [1.29, 1.82) is 0 Å². The summed E-state index contributed by atoms with van der Waals surface area (Å²) < 4.78 is 1.03. The molecule has 2 N–H and O–H groups in total. The van der Waals surface area contributed by atoms with Crippen LogP contribution in [-0.2, 0) is 4.79 Å². The fraction of sp³-hybridized carbons (Fsp3) is 0.500. The van der Waals surface area contributed by atoms with Gasteiger partial charge in [0.2, 0.25) is 0 Å². The first-order valence-electron chi connectivity index (χ1n) is 6.35. The maximum Gasteiger partial charge on any atom is 0.336 e. The molecule has 0 spiro atoms. The van der Waals surface area contributed by atoms with Gasteiger partial charge in [0.15, 0.2) is 5.60 Å². The van der Waals surface area contributed by atoms with Gasteiger partial charge in [-0.25, -0.2) is 4.79 Å². The van der Waals surface area contributed by atoms with E-state index in [1.807, 2.05) is 24.3 Å². The molecule has 0 saturated carbocycles. The lowest BCUT2D eigenvalue weighted by Crippen LogP contribution is -2.46. The van der Waals surface area contributed by atoms with Crippen molar-refractivity contribution < 1.29 is 15.0 Å². The summed E-state index contributed by atoms with van der Waals surface area (Å²) >= 11 is 3.41. The van der Waals surface area contributed by atoms with Crippen LogP contribution in [0.25, 0.3) is 0 Å². The number of carboxylic acids is 1. The van der Waals surface area contributed by atoms with Crippen molar-refractivity contribution in [3.05, 3.63) is 34.3 Å². The minimum absolute atomic E-state index is 0.156. The number of hydrogen-bond acceptors (Lipinski definition) is 3. The maximum atomic E-state index is 11.0. The Morgan fingerprint density at radius 3 is 2.68 bits per heavy atom. The van der Waals surface area contributed by atoms with E-state index in [2.05, 4.69) is 20.8 Å². The van der Waals surface area contributed by atoms with Gasteiger partial charge in [0, 0.05) is 17.1 Å². The first kappa shape index (κ1) is 14.5. The molecule has 0 amide bonds. The molecule has 1 aromatic rings. The lowest BCUT2D eigenvalue weighted by molar-refractivity contribution is -0.158. The van der Waals surface area contributed by atoms with Gasteiger partial charge >= 0.3 is 5.97 Å². The number of rotatable bonds is 4. The van der Waals surface area contributed by atoms with Crippen molar-refractivity contribution >= 4 is 21.9 Å². The second-order valence-electron chi connectivity index (χ2n) is 5.26. The molecule has 1 saturated heterocycles. The number of hydrogen-bond donors (Lipinski definition) is 2. The summed E-state index contributed by atoms with van der Waals surface area (Å²) in [6, 6.07) is 8.26. The molecule has 2 rings (SSSR count). The zero-order valence-corrected chi connectivity index (χ0v) is 12.4. The Kier molecular flexibility index (Phi) is 4.28. The van der Waals surface area contributed by atoms with Crippen LogP contribution in [0.4, 0.5) is 0 Å². The molecule has 104 valence electrons. The molecule has 1 aliphatic rings. The van der Waals surface area contributed by atoms with Crippen LogP contribution in [0.1, 0.15) is 31.4 Å². The highest BCUT2D eigenvalue weighted by Gasteiger charge is 2.36. The molecule has 1 aromatic carbocycles. The highest BCUT2D eigenvalue weighted by molar-refractivity contribution is 9.10. The molecule has 5 heteroatoms. The van der Waals surface area contributed by atoms with E-state index in [0.29, 0.717) is 0 Å². The third-order valence-corrected chi connectivity index (χ3v) is 4.12. The first-order valence-corrected chi connectivity index (χ1v) is 7.15. The Hall–Kier alpha value is -0.910. The maximum absolute atomic E-state index is 11.0. The van der Waals surface area contributed by atoms with Crippen LogP contribution in [0, 0.1) is 0 Å². The number of aliphatic hydroxyl groups is 1. The largest absolute Gasteiger partial charge is 0.479 e. The summed E-state index contributed by atoms with van der Waals surface area (Å²) in [5.74, 6) is -1.17. The molecule has 19 heavy (non-hydrogen) atoms. The first-order chi connectivity index (χ1) is 8.90. The number of likely N-dealkylation sites (tertiary alicyclic amines) is 1. The third-order valence-electron chi connectivity index (χ3n) is 3.59. The van der Waals surface area contributed by atoms with E-state index in [9.17, 15) is 9.90 Å². The Morgan fingerprint density at radius 1 is 1.47 bits per heavy atom. The van der Waals surface area contributed by atoms with Crippen LogP contribution in [0.5, 0.6) is 0 Å². The second-order valence-corrected chi connectivity index (χ2v) is 6.17. The van der Waals surface area contributed by atoms with E-state index < -0.39 is 11.6 Å². The number of β-amino-alcohol motifs (C(OH)–C–C–N with tert-alkyl or cyclic N) is 1. The molecule has 2 unspecified atom stereocenters. The minimum Gasteiger partial charge on any atom is -0.479 e. The second kappa shape index (κ2) is 5.61. The fourth-order valence-electron chi connectivity index (χ4n) is 2.54. The Balaban J connectivity index is 2.13. The molecule has 2 atom stereocenters.